The standard InChI is InChI=1S/C30H40N2O6S/c1-6-8-9-10-18-38-28(36)24-23-26(34)32(20(3)19-33)25(30(23)16-15-29(24,4)39-30)27(35)31(17-7-2)21-11-13-22(37-5)14-12-21/h6-7,11-14,20,23-25,33H,1-2,8-10,15-19H2,3-5H3/t20-,23+,24-,25?,29+,30?/m1/s1. The van der Waals surface area contributed by atoms with Gasteiger partial charge in [-0.15, -0.1) is 24.9 Å². The largest absolute Gasteiger partial charge is 0.497 e. The summed E-state index contributed by atoms with van der Waals surface area (Å²) in [6.07, 6.45) is 7.28. The average Bonchev–Trinajstić information content (AvgIpc) is 3.51. The van der Waals surface area contributed by atoms with Gasteiger partial charge in [0.15, 0.2) is 0 Å². The molecule has 0 radical (unpaired) electrons. The molecule has 39 heavy (non-hydrogen) atoms. The summed E-state index contributed by atoms with van der Waals surface area (Å²) in [6.45, 7) is 11.6. The number of aliphatic hydroxyl groups excluding tert-OH is 1. The number of allylic oxidation sites excluding steroid dienone is 1. The molecule has 3 saturated heterocycles. The van der Waals surface area contributed by atoms with Crippen molar-refractivity contribution in [3.63, 3.8) is 0 Å². The summed E-state index contributed by atoms with van der Waals surface area (Å²) in [6, 6.07) is 5.75. The lowest BCUT2D eigenvalue weighted by Gasteiger charge is -2.38. The van der Waals surface area contributed by atoms with Gasteiger partial charge in [0.2, 0.25) is 5.91 Å². The lowest BCUT2D eigenvalue weighted by molar-refractivity contribution is -0.156. The number of carbonyl (C=O) groups is 3. The van der Waals surface area contributed by atoms with E-state index < -0.39 is 33.4 Å². The Morgan fingerprint density at radius 1 is 1.23 bits per heavy atom. The van der Waals surface area contributed by atoms with Crippen LogP contribution in [0.2, 0.25) is 0 Å². The van der Waals surface area contributed by atoms with Gasteiger partial charge in [-0.2, -0.15) is 0 Å². The van der Waals surface area contributed by atoms with Crippen LogP contribution in [0.5, 0.6) is 5.75 Å². The van der Waals surface area contributed by atoms with E-state index in [1.807, 2.05) is 13.0 Å². The van der Waals surface area contributed by atoms with E-state index in [1.54, 1.807) is 61.0 Å². The number of hydrogen-bond acceptors (Lipinski definition) is 7. The van der Waals surface area contributed by atoms with Crippen LogP contribution in [0.15, 0.2) is 49.6 Å². The predicted molar refractivity (Wildman–Crippen MR) is 153 cm³/mol. The highest BCUT2D eigenvalue weighted by molar-refractivity contribution is 8.02. The molecule has 0 saturated carbocycles. The predicted octanol–water partition coefficient (Wildman–Crippen LogP) is 3.98. The molecule has 8 nitrogen and oxygen atoms in total. The smallest absolute Gasteiger partial charge is 0.311 e. The number of ether oxygens (including phenoxy) is 2. The summed E-state index contributed by atoms with van der Waals surface area (Å²) in [4.78, 5) is 45.3. The van der Waals surface area contributed by atoms with Gasteiger partial charge in [-0.25, -0.2) is 0 Å². The first-order valence-corrected chi connectivity index (χ1v) is 14.5. The van der Waals surface area contributed by atoms with E-state index >= 15 is 0 Å². The average molecular weight is 557 g/mol. The Morgan fingerprint density at radius 3 is 2.56 bits per heavy atom. The number of unbranched alkanes of at least 4 members (excludes halogenated alkanes) is 2. The summed E-state index contributed by atoms with van der Waals surface area (Å²) in [5.41, 5.74) is 0.656. The number of methoxy groups -OCH3 is 1. The Balaban J connectivity index is 1.70. The van der Waals surface area contributed by atoms with Gasteiger partial charge < -0.3 is 24.4 Å². The van der Waals surface area contributed by atoms with Crippen molar-refractivity contribution in [2.24, 2.45) is 11.8 Å². The molecule has 2 amide bonds. The van der Waals surface area contributed by atoms with Crippen molar-refractivity contribution in [3.05, 3.63) is 49.6 Å². The fourth-order valence-corrected chi connectivity index (χ4v) is 8.90. The van der Waals surface area contributed by atoms with Crippen LogP contribution in [0.4, 0.5) is 5.69 Å². The van der Waals surface area contributed by atoms with Gasteiger partial charge in [-0.1, -0.05) is 12.2 Å². The van der Waals surface area contributed by atoms with Crippen molar-refractivity contribution < 1.29 is 29.0 Å². The van der Waals surface area contributed by atoms with Crippen molar-refractivity contribution in [3.8, 4) is 5.75 Å². The van der Waals surface area contributed by atoms with E-state index in [0.29, 0.717) is 30.9 Å². The molecule has 0 aliphatic carbocycles. The number of benzene rings is 1. The van der Waals surface area contributed by atoms with Crippen LogP contribution >= 0.6 is 11.8 Å². The molecule has 9 heteroatoms. The summed E-state index contributed by atoms with van der Waals surface area (Å²) < 4.78 is 9.70. The molecule has 3 fully saturated rings. The van der Waals surface area contributed by atoms with E-state index in [-0.39, 0.29) is 30.9 Å². The minimum atomic E-state index is -0.837. The molecule has 1 N–H and O–H groups in total. The van der Waals surface area contributed by atoms with Gasteiger partial charge >= 0.3 is 5.97 Å². The van der Waals surface area contributed by atoms with Crippen LogP contribution < -0.4 is 9.64 Å². The number of aliphatic hydroxyl groups is 1. The third-order valence-corrected chi connectivity index (χ3v) is 10.4. The molecule has 3 aliphatic rings. The second-order valence-corrected chi connectivity index (χ2v) is 12.8. The maximum atomic E-state index is 14.5. The van der Waals surface area contributed by atoms with Gasteiger partial charge in [0.25, 0.3) is 5.91 Å². The normalized spacial score (nSPS) is 29.6. The maximum absolute atomic E-state index is 14.5. The second kappa shape index (κ2) is 11.8. The molecular weight excluding hydrogens is 516 g/mol. The number of nitrogens with zero attached hydrogens (tertiary/aromatic N) is 2. The van der Waals surface area contributed by atoms with Crippen LogP contribution in [0.25, 0.3) is 0 Å². The fourth-order valence-electron chi connectivity index (χ4n) is 6.58. The number of likely N-dealkylation sites (tertiary alicyclic amines) is 1. The van der Waals surface area contributed by atoms with Crippen LogP contribution in [-0.4, -0.2) is 76.2 Å². The van der Waals surface area contributed by atoms with Crippen LogP contribution in [0, 0.1) is 11.8 Å². The van der Waals surface area contributed by atoms with Gasteiger partial charge in [-0.3, -0.25) is 14.4 Å². The molecule has 0 aromatic heterocycles. The number of amides is 2. The number of carbonyl (C=O) groups excluding carboxylic acids is 3. The highest BCUT2D eigenvalue weighted by atomic mass is 32.2. The Bertz CT molecular complexity index is 1110. The van der Waals surface area contributed by atoms with Crippen LogP contribution in [0.3, 0.4) is 0 Å². The third-order valence-electron chi connectivity index (χ3n) is 8.45. The van der Waals surface area contributed by atoms with E-state index in [0.717, 1.165) is 19.3 Å². The molecule has 2 bridgehead atoms. The highest BCUT2D eigenvalue weighted by Gasteiger charge is 2.78. The second-order valence-electron chi connectivity index (χ2n) is 10.9. The molecule has 212 valence electrons. The zero-order valence-electron chi connectivity index (χ0n) is 23.1. The van der Waals surface area contributed by atoms with Crippen molar-refractivity contribution in [1.82, 2.24) is 4.90 Å². The number of anilines is 1. The first-order valence-electron chi connectivity index (χ1n) is 13.7. The summed E-state index contributed by atoms with van der Waals surface area (Å²) in [5.74, 6) is -1.54. The lowest BCUT2D eigenvalue weighted by Crippen LogP contribution is -2.57. The van der Waals surface area contributed by atoms with Crippen LogP contribution in [0.1, 0.15) is 46.0 Å². The third kappa shape index (κ3) is 4.99. The topological polar surface area (TPSA) is 96.4 Å². The molecule has 2 unspecified atom stereocenters. The number of hydrogen-bond donors (Lipinski definition) is 1. The van der Waals surface area contributed by atoms with Crippen molar-refractivity contribution >= 4 is 35.2 Å². The van der Waals surface area contributed by atoms with Crippen molar-refractivity contribution in [2.45, 2.75) is 67.5 Å². The quantitative estimate of drug-likeness (QED) is 0.223. The van der Waals surface area contributed by atoms with Crippen molar-refractivity contribution in [2.75, 3.05) is 31.8 Å². The van der Waals surface area contributed by atoms with E-state index in [2.05, 4.69) is 13.2 Å². The minimum Gasteiger partial charge on any atom is -0.497 e. The summed E-state index contributed by atoms with van der Waals surface area (Å²) >= 11 is 1.59. The summed E-state index contributed by atoms with van der Waals surface area (Å²) in [7, 11) is 1.58. The van der Waals surface area contributed by atoms with E-state index in [9.17, 15) is 19.5 Å². The summed E-state index contributed by atoms with van der Waals surface area (Å²) in [5, 5.41) is 10.1. The maximum Gasteiger partial charge on any atom is 0.311 e. The first-order chi connectivity index (χ1) is 18.7. The molecule has 1 aromatic rings. The lowest BCUT2D eigenvalue weighted by atomic mass is 9.66. The van der Waals surface area contributed by atoms with Gasteiger partial charge in [0.05, 0.1) is 42.9 Å². The molecule has 3 aliphatic heterocycles. The van der Waals surface area contributed by atoms with E-state index in [1.165, 1.54) is 4.90 Å². The SMILES string of the molecule is C=CCCCCOC(=O)[C@H]1[C@H]2C(=O)N([C@H](C)CO)C(C(=O)N(CC=C)c3ccc(OC)cc3)C23CC[C@]1(C)S3. The van der Waals surface area contributed by atoms with Crippen molar-refractivity contribution in [1.29, 1.82) is 0 Å². The number of thioether (sulfide) groups is 1. The monoisotopic (exact) mass is 556 g/mol. The molecular formula is C30H40N2O6S. The van der Waals surface area contributed by atoms with Crippen LogP contribution in [-0.2, 0) is 19.1 Å². The molecule has 6 atom stereocenters. The molecule has 3 heterocycles. The molecule has 4 rings (SSSR count). The zero-order valence-corrected chi connectivity index (χ0v) is 24.0. The van der Waals surface area contributed by atoms with E-state index in [4.69, 9.17) is 9.47 Å². The van der Waals surface area contributed by atoms with Gasteiger partial charge in [0.1, 0.15) is 11.8 Å². The number of esters is 1. The molecule has 1 spiro atoms. The number of fused-ring (bicyclic) bond motifs is 1. The first kappa shape index (κ1) is 29.2. The Kier molecular flexibility index (Phi) is 8.81. The Labute approximate surface area is 235 Å². The molecule has 1 aromatic carbocycles. The van der Waals surface area contributed by atoms with Gasteiger partial charge in [-0.05, 0) is 70.2 Å². The fraction of sp³-hybridized carbons (Fsp3) is 0.567. The Morgan fingerprint density at radius 2 is 1.95 bits per heavy atom. The highest BCUT2D eigenvalue weighted by Crippen LogP contribution is 2.71. The van der Waals surface area contributed by atoms with Gasteiger partial charge in [0, 0.05) is 17.0 Å². The number of rotatable bonds is 13. The minimum absolute atomic E-state index is 0.244. The zero-order chi connectivity index (χ0) is 28.4. The Hall–Kier alpha value is -2.78.